The molecule has 0 spiro atoms. The lowest BCUT2D eigenvalue weighted by Crippen LogP contribution is -2.05. The largest absolute Gasteiger partial charge is 0.384 e. The predicted octanol–water partition coefficient (Wildman–Crippen LogP) is 2.90. The lowest BCUT2D eigenvalue weighted by molar-refractivity contribution is -0.384. The lowest BCUT2D eigenvalue weighted by atomic mass is 10.3. The number of hydrogen-bond acceptors (Lipinski definition) is 6. The number of anilines is 2. The summed E-state index contributed by atoms with van der Waals surface area (Å²) in [7, 11) is 0. The molecule has 3 N–H and O–H groups in total. The van der Waals surface area contributed by atoms with E-state index in [4.69, 9.17) is 17.3 Å². The van der Waals surface area contributed by atoms with E-state index in [2.05, 4.69) is 10.3 Å². The summed E-state index contributed by atoms with van der Waals surface area (Å²) in [4.78, 5) is 15.2. The highest BCUT2D eigenvalue weighted by Crippen LogP contribution is 2.26. The number of rotatable bonds is 4. The molecule has 0 bridgehead atoms. The number of nitrogens with one attached hydrogen (secondary N) is 1. The third-order valence-electron chi connectivity index (χ3n) is 2.15. The molecule has 6 nitrogen and oxygen atoms in total. The van der Waals surface area contributed by atoms with Crippen LogP contribution in [0.2, 0.25) is 4.34 Å². The first kappa shape index (κ1) is 12.6. The van der Waals surface area contributed by atoms with Crippen molar-refractivity contribution < 1.29 is 4.92 Å². The minimum Gasteiger partial charge on any atom is -0.384 e. The van der Waals surface area contributed by atoms with Crippen LogP contribution in [0, 0.1) is 10.1 Å². The summed E-state index contributed by atoms with van der Waals surface area (Å²) in [6, 6.07) is 6.33. The molecular weight excluding hydrogens is 276 g/mol. The van der Waals surface area contributed by atoms with E-state index in [1.807, 2.05) is 6.07 Å². The molecule has 2 aromatic heterocycles. The maximum atomic E-state index is 10.8. The van der Waals surface area contributed by atoms with Crippen LogP contribution < -0.4 is 11.1 Å². The van der Waals surface area contributed by atoms with Crippen LogP contribution in [0.3, 0.4) is 0 Å². The van der Waals surface area contributed by atoms with Crippen molar-refractivity contribution in [3.63, 3.8) is 0 Å². The fourth-order valence-electron chi connectivity index (χ4n) is 1.36. The number of pyridine rings is 1. The van der Waals surface area contributed by atoms with Crippen LogP contribution in [-0.2, 0) is 6.54 Å². The molecule has 18 heavy (non-hydrogen) atoms. The van der Waals surface area contributed by atoms with Crippen molar-refractivity contribution in [2.45, 2.75) is 6.54 Å². The molecule has 2 heterocycles. The molecule has 0 fully saturated rings. The van der Waals surface area contributed by atoms with Crippen molar-refractivity contribution >= 4 is 40.3 Å². The van der Waals surface area contributed by atoms with Crippen LogP contribution in [0.5, 0.6) is 0 Å². The highest BCUT2D eigenvalue weighted by atomic mass is 35.5. The summed E-state index contributed by atoms with van der Waals surface area (Å²) < 4.78 is 0.668. The van der Waals surface area contributed by atoms with Gasteiger partial charge in [-0.2, -0.15) is 0 Å². The third kappa shape index (κ3) is 2.88. The summed E-state index contributed by atoms with van der Waals surface area (Å²) in [6.07, 6.45) is 0. The molecule has 94 valence electrons. The highest BCUT2D eigenvalue weighted by Gasteiger charge is 2.15. The van der Waals surface area contributed by atoms with Crippen LogP contribution in [0.25, 0.3) is 0 Å². The van der Waals surface area contributed by atoms with Crippen molar-refractivity contribution in [1.29, 1.82) is 0 Å². The Morgan fingerprint density at radius 2 is 2.22 bits per heavy atom. The van der Waals surface area contributed by atoms with E-state index in [0.29, 0.717) is 10.9 Å². The molecule has 0 unspecified atom stereocenters. The molecule has 0 radical (unpaired) electrons. The van der Waals surface area contributed by atoms with Gasteiger partial charge in [0.15, 0.2) is 0 Å². The van der Waals surface area contributed by atoms with Gasteiger partial charge in [0.1, 0.15) is 5.82 Å². The van der Waals surface area contributed by atoms with E-state index in [1.54, 1.807) is 6.07 Å². The zero-order valence-corrected chi connectivity index (χ0v) is 10.7. The molecule has 0 aromatic carbocycles. The molecule has 0 aliphatic carbocycles. The van der Waals surface area contributed by atoms with Crippen LogP contribution in [0.4, 0.5) is 17.3 Å². The minimum atomic E-state index is -0.504. The normalized spacial score (nSPS) is 10.3. The zero-order valence-electron chi connectivity index (χ0n) is 9.09. The second-order valence-corrected chi connectivity index (χ2v) is 5.22. The molecule has 0 atom stereocenters. The Kier molecular flexibility index (Phi) is 3.63. The van der Waals surface area contributed by atoms with Gasteiger partial charge in [-0.25, -0.2) is 4.98 Å². The number of thiophene rings is 1. The predicted molar refractivity (Wildman–Crippen MR) is 72.0 cm³/mol. The average molecular weight is 285 g/mol. The van der Waals surface area contributed by atoms with E-state index in [9.17, 15) is 10.1 Å². The van der Waals surface area contributed by atoms with Gasteiger partial charge in [-0.05, 0) is 18.2 Å². The fraction of sp³-hybridized carbons (Fsp3) is 0.100. The van der Waals surface area contributed by atoms with Gasteiger partial charge in [-0.15, -0.1) is 11.3 Å². The number of aromatic nitrogens is 1. The van der Waals surface area contributed by atoms with Gasteiger partial charge in [0.2, 0.25) is 5.82 Å². The molecule has 0 saturated heterocycles. The van der Waals surface area contributed by atoms with Crippen molar-refractivity contribution in [3.05, 3.63) is 43.6 Å². The van der Waals surface area contributed by atoms with Gasteiger partial charge in [-0.3, -0.25) is 10.1 Å². The Morgan fingerprint density at radius 3 is 2.83 bits per heavy atom. The van der Waals surface area contributed by atoms with E-state index in [-0.39, 0.29) is 17.3 Å². The topological polar surface area (TPSA) is 94.1 Å². The third-order valence-corrected chi connectivity index (χ3v) is 3.38. The van der Waals surface area contributed by atoms with Crippen LogP contribution >= 0.6 is 22.9 Å². The van der Waals surface area contributed by atoms with E-state index >= 15 is 0 Å². The number of nitrogens with zero attached hydrogens (tertiary/aromatic N) is 2. The van der Waals surface area contributed by atoms with Crippen LogP contribution in [-0.4, -0.2) is 9.91 Å². The summed E-state index contributed by atoms with van der Waals surface area (Å²) in [5.74, 6) is 0.386. The van der Waals surface area contributed by atoms with E-state index < -0.39 is 4.92 Å². The smallest absolute Gasteiger partial charge is 0.311 e. The Hall–Kier alpha value is -1.86. The zero-order chi connectivity index (χ0) is 13.1. The second-order valence-electron chi connectivity index (χ2n) is 3.42. The second kappa shape index (κ2) is 5.19. The molecule has 0 amide bonds. The molecule has 0 aliphatic heterocycles. The molecule has 0 saturated carbocycles. The Morgan fingerprint density at radius 1 is 1.44 bits per heavy atom. The van der Waals surface area contributed by atoms with Gasteiger partial charge in [0.25, 0.3) is 0 Å². The quantitative estimate of drug-likeness (QED) is 0.665. The van der Waals surface area contributed by atoms with E-state index in [0.717, 1.165) is 4.88 Å². The summed E-state index contributed by atoms with van der Waals surface area (Å²) in [6.45, 7) is 0.411. The Labute approximate surface area is 112 Å². The minimum absolute atomic E-state index is 0.105. The molecule has 8 heteroatoms. The van der Waals surface area contributed by atoms with Crippen molar-refractivity contribution in [1.82, 2.24) is 4.98 Å². The van der Waals surface area contributed by atoms with Gasteiger partial charge >= 0.3 is 5.69 Å². The standard InChI is InChI=1S/C10H9ClN4O2S/c11-8-3-1-6(18-8)5-13-10-7(15(16)17)2-4-9(12)14-10/h1-4H,5H2,(H3,12,13,14). The fourth-order valence-corrected chi connectivity index (χ4v) is 2.39. The summed E-state index contributed by atoms with van der Waals surface area (Å²) >= 11 is 7.20. The number of halogens is 1. The molecule has 2 aromatic rings. The average Bonchev–Trinajstić information content (AvgIpc) is 2.72. The number of nitro groups is 1. The van der Waals surface area contributed by atoms with Crippen molar-refractivity contribution in [3.8, 4) is 0 Å². The Balaban J connectivity index is 2.17. The number of hydrogen-bond donors (Lipinski definition) is 2. The first-order chi connectivity index (χ1) is 8.56. The maximum absolute atomic E-state index is 10.8. The molecule has 2 rings (SSSR count). The van der Waals surface area contributed by atoms with Gasteiger partial charge in [0, 0.05) is 10.9 Å². The molecular formula is C10H9ClN4O2S. The first-order valence-corrected chi connectivity index (χ1v) is 6.14. The van der Waals surface area contributed by atoms with E-state index in [1.165, 1.54) is 23.5 Å². The highest BCUT2D eigenvalue weighted by molar-refractivity contribution is 7.16. The Bertz CT molecular complexity index is 587. The first-order valence-electron chi connectivity index (χ1n) is 4.95. The van der Waals surface area contributed by atoms with Crippen molar-refractivity contribution in [2.24, 2.45) is 0 Å². The number of nitrogen functional groups attached to an aromatic ring is 1. The summed E-state index contributed by atoms with van der Waals surface area (Å²) in [5, 5.41) is 13.7. The van der Waals surface area contributed by atoms with Gasteiger partial charge in [0.05, 0.1) is 15.8 Å². The monoisotopic (exact) mass is 284 g/mol. The molecule has 0 aliphatic rings. The van der Waals surface area contributed by atoms with Crippen molar-refractivity contribution in [2.75, 3.05) is 11.1 Å². The van der Waals surface area contributed by atoms with Crippen LogP contribution in [0.1, 0.15) is 4.88 Å². The van der Waals surface area contributed by atoms with Gasteiger partial charge < -0.3 is 11.1 Å². The van der Waals surface area contributed by atoms with Gasteiger partial charge in [-0.1, -0.05) is 11.6 Å². The number of nitrogens with two attached hydrogens (primary N) is 1. The van der Waals surface area contributed by atoms with Crippen LogP contribution in [0.15, 0.2) is 24.3 Å². The summed E-state index contributed by atoms with van der Waals surface area (Å²) in [5.41, 5.74) is 5.40. The SMILES string of the molecule is Nc1ccc([N+](=O)[O-])c(NCc2ccc(Cl)s2)n1. The lowest BCUT2D eigenvalue weighted by Gasteiger charge is -2.05. The maximum Gasteiger partial charge on any atom is 0.311 e.